The Morgan fingerprint density at radius 3 is 3.00 bits per heavy atom. The lowest BCUT2D eigenvalue weighted by molar-refractivity contribution is -0.127. The minimum atomic E-state index is -0.104. The average Bonchev–Trinajstić information content (AvgIpc) is 2.91. The predicted molar refractivity (Wildman–Crippen MR) is 92.3 cm³/mol. The summed E-state index contributed by atoms with van der Waals surface area (Å²) >= 11 is 2.83. The zero-order valence-electron chi connectivity index (χ0n) is 12.9. The molecule has 1 amide bonds. The van der Waals surface area contributed by atoms with Crippen LogP contribution in [0.1, 0.15) is 23.3 Å². The molecule has 0 radical (unpaired) electrons. The van der Waals surface area contributed by atoms with Gasteiger partial charge in [-0.15, -0.1) is 11.3 Å². The average molecular weight is 353 g/mol. The second kappa shape index (κ2) is 7.02. The number of thioether (sulfide) groups is 1. The molecule has 0 aromatic carbocycles. The van der Waals surface area contributed by atoms with Crippen LogP contribution < -0.4 is 5.56 Å². The summed E-state index contributed by atoms with van der Waals surface area (Å²) in [5.74, 6) is 0.0908. The summed E-state index contributed by atoms with van der Waals surface area (Å²) in [7, 11) is 1.64. The number of hydrogen-bond donors (Lipinski definition) is 2. The van der Waals surface area contributed by atoms with Crippen LogP contribution in [0.4, 0.5) is 0 Å². The van der Waals surface area contributed by atoms with E-state index in [1.54, 1.807) is 18.4 Å². The van der Waals surface area contributed by atoms with Gasteiger partial charge in [0.1, 0.15) is 4.83 Å². The van der Waals surface area contributed by atoms with E-state index < -0.39 is 0 Å². The van der Waals surface area contributed by atoms with Gasteiger partial charge in [0.15, 0.2) is 5.16 Å². The number of thiophene rings is 1. The molecule has 0 unspecified atom stereocenters. The Morgan fingerprint density at radius 1 is 1.43 bits per heavy atom. The Hall–Kier alpha value is -1.38. The van der Waals surface area contributed by atoms with E-state index in [1.807, 2.05) is 0 Å². The Bertz CT molecular complexity index is 784. The number of nitrogens with one attached hydrogen (secondary N) is 1. The summed E-state index contributed by atoms with van der Waals surface area (Å²) in [6, 6.07) is 0. The summed E-state index contributed by atoms with van der Waals surface area (Å²) in [5.41, 5.74) is 1.06. The van der Waals surface area contributed by atoms with E-state index in [9.17, 15) is 9.59 Å². The molecule has 0 fully saturated rings. The predicted octanol–water partition coefficient (Wildman–Crippen LogP) is 1.41. The quantitative estimate of drug-likeness (QED) is 0.627. The van der Waals surface area contributed by atoms with Crippen molar-refractivity contribution < 1.29 is 9.90 Å². The van der Waals surface area contributed by atoms with Crippen LogP contribution in [0.5, 0.6) is 0 Å². The normalized spacial score (nSPS) is 14.0. The molecule has 23 heavy (non-hydrogen) atoms. The van der Waals surface area contributed by atoms with Crippen LogP contribution in [0, 0.1) is 0 Å². The zero-order valence-corrected chi connectivity index (χ0v) is 14.6. The molecule has 0 bridgehead atoms. The summed E-state index contributed by atoms with van der Waals surface area (Å²) in [4.78, 5) is 35.1. The monoisotopic (exact) mass is 353 g/mol. The van der Waals surface area contributed by atoms with Crippen molar-refractivity contribution in [2.45, 2.75) is 30.8 Å². The highest BCUT2D eigenvalue weighted by Gasteiger charge is 2.20. The molecule has 124 valence electrons. The molecule has 2 aromatic rings. The molecular weight excluding hydrogens is 334 g/mol. The first-order chi connectivity index (χ1) is 11.1. The van der Waals surface area contributed by atoms with Gasteiger partial charge in [0.25, 0.3) is 5.56 Å². The summed E-state index contributed by atoms with van der Waals surface area (Å²) in [6.07, 6.45) is 4.28. The lowest BCUT2D eigenvalue weighted by Gasteiger charge is -2.14. The number of nitrogens with zero attached hydrogens (tertiary/aromatic N) is 2. The lowest BCUT2D eigenvalue weighted by Crippen LogP contribution is -2.31. The Labute approximate surface area is 141 Å². The number of aromatic nitrogens is 2. The lowest BCUT2D eigenvalue weighted by atomic mass is 9.97. The van der Waals surface area contributed by atoms with Crippen LogP contribution in [0.2, 0.25) is 0 Å². The number of aromatic amines is 1. The fourth-order valence-electron chi connectivity index (χ4n) is 2.73. The second-order valence-electron chi connectivity index (χ2n) is 5.59. The highest BCUT2D eigenvalue weighted by Crippen LogP contribution is 2.34. The summed E-state index contributed by atoms with van der Waals surface area (Å²) in [5, 5.41) is 10.1. The molecule has 2 heterocycles. The van der Waals surface area contributed by atoms with Crippen LogP contribution in [0.25, 0.3) is 10.2 Å². The van der Waals surface area contributed by atoms with Crippen molar-refractivity contribution in [2.75, 3.05) is 26.0 Å². The van der Waals surface area contributed by atoms with Crippen LogP contribution in [0.15, 0.2) is 9.95 Å². The van der Waals surface area contributed by atoms with E-state index in [1.165, 1.54) is 33.5 Å². The van der Waals surface area contributed by atoms with E-state index >= 15 is 0 Å². The van der Waals surface area contributed by atoms with Crippen LogP contribution >= 0.6 is 23.1 Å². The highest BCUT2D eigenvalue weighted by atomic mass is 32.2. The van der Waals surface area contributed by atoms with Gasteiger partial charge >= 0.3 is 0 Å². The molecule has 0 saturated carbocycles. The number of amides is 1. The molecule has 2 aromatic heterocycles. The van der Waals surface area contributed by atoms with E-state index in [2.05, 4.69) is 9.97 Å². The molecule has 3 rings (SSSR count). The Balaban J connectivity index is 1.80. The molecule has 0 aliphatic heterocycles. The number of rotatable bonds is 5. The van der Waals surface area contributed by atoms with Crippen LogP contribution in [0.3, 0.4) is 0 Å². The zero-order chi connectivity index (χ0) is 16.4. The Morgan fingerprint density at radius 2 is 2.22 bits per heavy atom. The third kappa shape index (κ3) is 3.44. The highest BCUT2D eigenvalue weighted by molar-refractivity contribution is 7.99. The van der Waals surface area contributed by atoms with Gasteiger partial charge in [-0.2, -0.15) is 0 Å². The molecule has 8 heteroatoms. The number of aliphatic hydroxyl groups excluding tert-OH is 1. The van der Waals surface area contributed by atoms with Crippen LogP contribution in [-0.2, 0) is 17.6 Å². The van der Waals surface area contributed by atoms with Gasteiger partial charge in [0.2, 0.25) is 5.91 Å². The van der Waals surface area contributed by atoms with Gasteiger partial charge in [-0.3, -0.25) is 9.59 Å². The van der Waals surface area contributed by atoms with Gasteiger partial charge < -0.3 is 15.0 Å². The SMILES string of the molecule is CN(CCO)C(=O)CSc1nc2sc3c(c2c(=O)[nH]1)CCCC3. The van der Waals surface area contributed by atoms with Gasteiger partial charge in [-0.1, -0.05) is 11.8 Å². The minimum Gasteiger partial charge on any atom is -0.395 e. The second-order valence-corrected chi connectivity index (χ2v) is 7.64. The molecule has 6 nitrogen and oxygen atoms in total. The smallest absolute Gasteiger partial charge is 0.260 e. The van der Waals surface area contributed by atoms with E-state index in [0.717, 1.165) is 29.5 Å². The molecule has 0 spiro atoms. The fourth-order valence-corrected chi connectivity index (χ4v) is 4.85. The van der Waals surface area contributed by atoms with Gasteiger partial charge in [-0.25, -0.2) is 4.98 Å². The molecule has 2 N–H and O–H groups in total. The maximum Gasteiger partial charge on any atom is 0.260 e. The maximum absolute atomic E-state index is 12.4. The van der Waals surface area contributed by atoms with Crippen molar-refractivity contribution in [1.29, 1.82) is 0 Å². The Kier molecular flexibility index (Phi) is 5.03. The molecule has 1 aliphatic rings. The van der Waals surface area contributed by atoms with Crippen molar-refractivity contribution in [3.63, 3.8) is 0 Å². The summed E-state index contributed by atoms with van der Waals surface area (Å²) < 4.78 is 0. The number of hydrogen-bond acceptors (Lipinski definition) is 6. The maximum atomic E-state index is 12.4. The molecule has 0 atom stereocenters. The third-order valence-corrected chi connectivity index (χ3v) is 6.04. The first-order valence-corrected chi connectivity index (χ1v) is 9.42. The van der Waals surface area contributed by atoms with E-state index in [-0.39, 0.29) is 23.8 Å². The van der Waals surface area contributed by atoms with Crippen molar-refractivity contribution in [1.82, 2.24) is 14.9 Å². The van der Waals surface area contributed by atoms with E-state index in [0.29, 0.717) is 11.7 Å². The number of carbonyl (C=O) groups is 1. The first kappa shape index (κ1) is 16.5. The topological polar surface area (TPSA) is 86.3 Å². The first-order valence-electron chi connectivity index (χ1n) is 7.62. The molecule has 1 aliphatic carbocycles. The van der Waals surface area contributed by atoms with Crippen molar-refractivity contribution in [2.24, 2.45) is 0 Å². The number of likely N-dealkylation sites (N-methyl/N-ethyl adjacent to an activating group) is 1. The number of aryl methyl sites for hydroxylation is 2. The van der Waals surface area contributed by atoms with E-state index in [4.69, 9.17) is 5.11 Å². The molecule has 0 saturated heterocycles. The largest absolute Gasteiger partial charge is 0.395 e. The standard InChI is InChI=1S/C15H19N3O3S2/c1-18(6-7-19)11(20)8-22-15-16-13(21)12-9-4-2-3-5-10(9)23-14(12)17-15/h19H,2-8H2,1H3,(H,16,17,21). The van der Waals surface area contributed by atoms with Gasteiger partial charge in [0.05, 0.1) is 17.7 Å². The number of H-pyrrole nitrogens is 1. The van der Waals surface area contributed by atoms with Crippen molar-refractivity contribution >= 4 is 39.2 Å². The van der Waals surface area contributed by atoms with Crippen LogP contribution in [-0.4, -0.2) is 51.8 Å². The van der Waals surface area contributed by atoms with Crippen molar-refractivity contribution in [3.05, 3.63) is 20.8 Å². The minimum absolute atomic E-state index is 0.0608. The third-order valence-electron chi connectivity index (χ3n) is 4.00. The van der Waals surface area contributed by atoms with Crippen molar-refractivity contribution in [3.8, 4) is 0 Å². The fraction of sp³-hybridized carbons (Fsp3) is 0.533. The number of aliphatic hydroxyl groups is 1. The summed E-state index contributed by atoms with van der Waals surface area (Å²) in [6.45, 7) is 0.245. The van der Waals surface area contributed by atoms with Gasteiger partial charge in [-0.05, 0) is 31.2 Å². The van der Waals surface area contributed by atoms with Gasteiger partial charge in [0, 0.05) is 18.5 Å². The number of fused-ring (bicyclic) bond motifs is 3. The number of carbonyl (C=O) groups excluding carboxylic acids is 1. The molecular formula is C15H19N3O3S2.